The Kier molecular flexibility index (Phi) is 6.25. The van der Waals surface area contributed by atoms with Crippen molar-refractivity contribution in [3.05, 3.63) is 35.9 Å². The van der Waals surface area contributed by atoms with Gasteiger partial charge in [0.15, 0.2) is 0 Å². The Labute approximate surface area is 130 Å². The molecule has 0 amide bonds. The zero-order chi connectivity index (χ0) is 15.1. The molecule has 0 aliphatic carbocycles. The number of hydrogen-bond donors (Lipinski definition) is 1. The highest BCUT2D eigenvalue weighted by atomic mass is 15.2. The number of nitrogens with zero attached hydrogens (tertiary/aromatic N) is 1. The van der Waals surface area contributed by atoms with E-state index in [1.54, 1.807) is 0 Å². The number of hydrogen-bond acceptors (Lipinski definition) is 2. The smallest absolute Gasteiger partial charge is 0.0331 e. The van der Waals surface area contributed by atoms with Crippen LogP contribution < -0.4 is 5.32 Å². The highest BCUT2D eigenvalue weighted by Crippen LogP contribution is 2.29. The molecule has 0 saturated carbocycles. The minimum atomic E-state index is 0.282. The first kappa shape index (κ1) is 16.5. The highest BCUT2D eigenvalue weighted by molar-refractivity contribution is 5.15. The summed E-state index contributed by atoms with van der Waals surface area (Å²) >= 11 is 0. The third-order valence-electron chi connectivity index (χ3n) is 5.46. The summed E-state index contributed by atoms with van der Waals surface area (Å²) in [5.74, 6) is 0. The Balaban J connectivity index is 2.02. The minimum Gasteiger partial charge on any atom is -0.315 e. The predicted octanol–water partition coefficient (Wildman–Crippen LogP) is 3.86. The molecule has 2 atom stereocenters. The van der Waals surface area contributed by atoms with Gasteiger partial charge >= 0.3 is 0 Å². The van der Waals surface area contributed by atoms with Crippen molar-refractivity contribution in [2.45, 2.75) is 64.0 Å². The monoisotopic (exact) mass is 288 g/mol. The minimum absolute atomic E-state index is 0.282. The van der Waals surface area contributed by atoms with E-state index in [4.69, 9.17) is 0 Å². The average Bonchev–Trinajstić information content (AvgIpc) is 2.56. The maximum Gasteiger partial charge on any atom is 0.0331 e. The van der Waals surface area contributed by atoms with Crippen LogP contribution in [0.1, 0.15) is 51.5 Å². The number of rotatable bonds is 7. The van der Waals surface area contributed by atoms with E-state index in [1.165, 1.54) is 50.8 Å². The van der Waals surface area contributed by atoms with Crippen LogP contribution >= 0.6 is 0 Å². The molecule has 0 radical (unpaired) electrons. The number of nitrogens with one attached hydrogen (secondary N) is 1. The lowest BCUT2D eigenvalue weighted by molar-refractivity contribution is 0.0427. The maximum atomic E-state index is 3.62. The zero-order valence-corrected chi connectivity index (χ0v) is 14.1. The van der Waals surface area contributed by atoms with Gasteiger partial charge in [-0.05, 0) is 64.7 Å². The van der Waals surface area contributed by atoms with Gasteiger partial charge in [-0.1, -0.05) is 43.7 Å². The normalized spacial score (nSPS) is 20.9. The second-order valence-electron chi connectivity index (χ2n) is 6.62. The highest BCUT2D eigenvalue weighted by Gasteiger charge is 2.37. The predicted molar refractivity (Wildman–Crippen MR) is 91.7 cm³/mol. The summed E-state index contributed by atoms with van der Waals surface area (Å²) in [6, 6.07) is 11.4. The van der Waals surface area contributed by atoms with Crippen molar-refractivity contribution in [2.75, 3.05) is 20.1 Å². The molecule has 1 aliphatic rings. The molecule has 1 aliphatic heterocycles. The van der Waals surface area contributed by atoms with Gasteiger partial charge in [0.1, 0.15) is 0 Å². The molecular formula is C19H32N2. The van der Waals surface area contributed by atoms with Crippen LogP contribution in [0.2, 0.25) is 0 Å². The van der Waals surface area contributed by atoms with E-state index in [1.807, 2.05) is 0 Å². The number of likely N-dealkylation sites (N-methyl/N-ethyl adjacent to an activating group) is 1. The van der Waals surface area contributed by atoms with Gasteiger partial charge in [0.25, 0.3) is 0 Å². The summed E-state index contributed by atoms with van der Waals surface area (Å²) < 4.78 is 0. The van der Waals surface area contributed by atoms with Gasteiger partial charge in [-0.3, -0.25) is 4.90 Å². The fourth-order valence-corrected chi connectivity index (χ4v) is 3.82. The first-order valence-electron chi connectivity index (χ1n) is 8.67. The summed E-state index contributed by atoms with van der Waals surface area (Å²) in [6.07, 6.45) is 7.73. The molecule has 1 saturated heterocycles. The van der Waals surface area contributed by atoms with E-state index in [0.717, 1.165) is 6.42 Å². The van der Waals surface area contributed by atoms with Crippen LogP contribution in [-0.2, 0) is 6.42 Å². The van der Waals surface area contributed by atoms with E-state index in [-0.39, 0.29) is 5.54 Å². The molecule has 2 heteroatoms. The Hall–Kier alpha value is -0.860. The molecule has 21 heavy (non-hydrogen) atoms. The molecule has 0 aromatic heterocycles. The zero-order valence-electron chi connectivity index (χ0n) is 14.1. The fraction of sp³-hybridized carbons (Fsp3) is 0.684. The van der Waals surface area contributed by atoms with E-state index >= 15 is 0 Å². The third kappa shape index (κ3) is 4.08. The Morgan fingerprint density at radius 2 is 1.81 bits per heavy atom. The molecule has 1 aromatic carbocycles. The van der Waals surface area contributed by atoms with Gasteiger partial charge in [0.2, 0.25) is 0 Å². The van der Waals surface area contributed by atoms with Crippen molar-refractivity contribution in [3.8, 4) is 0 Å². The lowest BCUT2D eigenvalue weighted by Gasteiger charge is -2.48. The number of likely N-dealkylation sites (tertiary alicyclic amines) is 1. The van der Waals surface area contributed by atoms with E-state index in [9.17, 15) is 0 Å². The molecule has 118 valence electrons. The summed E-state index contributed by atoms with van der Waals surface area (Å²) in [5.41, 5.74) is 1.74. The number of benzene rings is 1. The van der Waals surface area contributed by atoms with Crippen molar-refractivity contribution in [1.29, 1.82) is 0 Å². The summed E-state index contributed by atoms with van der Waals surface area (Å²) in [4.78, 5) is 2.74. The average molecular weight is 288 g/mol. The van der Waals surface area contributed by atoms with E-state index < -0.39 is 0 Å². The quantitative estimate of drug-likeness (QED) is 0.819. The largest absolute Gasteiger partial charge is 0.315 e. The first-order chi connectivity index (χ1) is 10.2. The van der Waals surface area contributed by atoms with E-state index in [2.05, 4.69) is 61.4 Å². The van der Waals surface area contributed by atoms with Crippen LogP contribution in [0.25, 0.3) is 0 Å². The van der Waals surface area contributed by atoms with Crippen molar-refractivity contribution >= 4 is 0 Å². The molecule has 1 heterocycles. The first-order valence-corrected chi connectivity index (χ1v) is 8.67. The van der Waals surface area contributed by atoms with Crippen LogP contribution in [0.15, 0.2) is 30.3 Å². The van der Waals surface area contributed by atoms with Gasteiger partial charge in [-0.2, -0.15) is 0 Å². The molecule has 1 N–H and O–H groups in total. The molecule has 1 fully saturated rings. The Bertz CT molecular complexity index is 397. The van der Waals surface area contributed by atoms with Crippen LogP contribution in [0.4, 0.5) is 0 Å². The second-order valence-corrected chi connectivity index (χ2v) is 6.62. The van der Waals surface area contributed by atoms with Gasteiger partial charge in [0.05, 0.1) is 0 Å². The van der Waals surface area contributed by atoms with Crippen LogP contribution in [0.3, 0.4) is 0 Å². The number of piperidine rings is 1. The van der Waals surface area contributed by atoms with Gasteiger partial charge in [-0.15, -0.1) is 0 Å². The SMILES string of the molecule is CCC(C)(C(CCc1ccccc1)NC)N1CCCCC1. The standard InChI is InChI=1S/C19H32N2/c1-4-19(2,21-15-9-6-10-16-21)18(20-3)14-13-17-11-7-5-8-12-17/h5,7-8,11-12,18,20H,4,6,9-10,13-16H2,1-3H3. The fourth-order valence-electron chi connectivity index (χ4n) is 3.82. The van der Waals surface area contributed by atoms with Crippen LogP contribution in [0.5, 0.6) is 0 Å². The topological polar surface area (TPSA) is 15.3 Å². The second kappa shape index (κ2) is 7.95. The molecule has 0 bridgehead atoms. The molecule has 1 aromatic rings. The lowest BCUT2D eigenvalue weighted by Crippen LogP contribution is -2.60. The molecule has 2 nitrogen and oxygen atoms in total. The molecular weight excluding hydrogens is 256 g/mol. The maximum absolute atomic E-state index is 3.62. The van der Waals surface area contributed by atoms with Crippen molar-refractivity contribution in [3.63, 3.8) is 0 Å². The van der Waals surface area contributed by atoms with Gasteiger partial charge in [0, 0.05) is 11.6 Å². The van der Waals surface area contributed by atoms with Crippen molar-refractivity contribution in [2.24, 2.45) is 0 Å². The molecule has 0 spiro atoms. The van der Waals surface area contributed by atoms with Gasteiger partial charge in [-0.25, -0.2) is 0 Å². The van der Waals surface area contributed by atoms with Crippen LogP contribution in [0, 0.1) is 0 Å². The van der Waals surface area contributed by atoms with E-state index in [0.29, 0.717) is 6.04 Å². The van der Waals surface area contributed by atoms with Crippen molar-refractivity contribution in [1.82, 2.24) is 10.2 Å². The van der Waals surface area contributed by atoms with Crippen molar-refractivity contribution < 1.29 is 0 Å². The molecule has 2 rings (SSSR count). The Morgan fingerprint density at radius 1 is 1.14 bits per heavy atom. The lowest BCUT2D eigenvalue weighted by atomic mass is 9.82. The van der Waals surface area contributed by atoms with Crippen LogP contribution in [-0.4, -0.2) is 36.6 Å². The molecule has 2 unspecified atom stereocenters. The third-order valence-corrected chi connectivity index (χ3v) is 5.46. The summed E-state index contributed by atoms with van der Waals surface area (Å²) in [5, 5.41) is 3.62. The number of aryl methyl sites for hydroxylation is 1. The summed E-state index contributed by atoms with van der Waals surface area (Å²) in [6.45, 7) is 7.35. The summed E-state index contributed by atoms with van der Waals surface area (Å²) in [7, 11) is 2.13. The Morgan fingerprint density at radius 3 is 2.38 bits per heavy atom. The van der Waals surface area contributed by atoms with Gasteiger partial charge < -0.3 is 5.32 Å².